The Morgan fingerprint density at radius 1 is 1.35 bits per heavy atom. The highest BCUT2D eigenvalue weighted by Gasteiger charge is 2.27. The first-order valence-corrected chi connectivity index (χ1v) is 8.95. The zero-order valence-corrected chi connectivity index (χ0v) is 12.9. The maximum Gasteiger partial charge on any atom is 0.151 e. The van der Waals surface area contributed by atoms with Crippen LogP contribution < -0.4 is 10.1 Å². The highest BCUT2D eigenvalue weighted by molar-refractivity contribution is 7.91. The van der Waals surface area contributed by atoms with Crippen molar-refractivity contribution in [3.8, 4) is 5.75 Å². The van der Waals surface area contributed by atoms with E-state index < -0.39 is 9.84 Å². The standard InChI is InChI=1S/C15H23NO3S/c1-12(2)14-5-3-4-6-15(14)19-9-8-16-13-7-10-20(17,18)11-13/h3-6,12-13,16H,7-11H2,1-2H3. The molecule has 0 radical (unpaired) electrons. The second kappa shape index (κ2) is 6.59. The number of para-hydroxylation sites is 1. The molecular formula is C15H23NO3S. The molecule has 0 aliphatic carbocycles. The van der Waals surface area contributed by atoms with Crippen LogP contribution in [0.2, 0.25) is 0 Å². The molecule has 0 aromatic heterocycles. The topological polar surface area (TPSA) is 55.4 Å². The molecule has 1 unspecified atom stereocenters. The molecule has 2 rings (SSSR count). The lowest BCUT2D eigenvalue weighted by atomic mass is 10.0. The molecule has 4 nitrogen and oxygen atoms in total. The van der Waals surface area contributed by atoms with Crippen LogP contribution in [0.15, 0.2) is 24.3 Å². The Labute approximate surface area is 121 Å². The van der Waals surface area contributed by atoms with Crippen molar-refractivity contribution in [2.75, 3.05) is 24.7 Å². The maximum atomic E-state index is 11.3. The average molecular weight is 297 g/mol. The highest BCUT2D eigenvalue weighted by Crippen LogP contribution is 2.25. The van der Waals surface area contributed by atoms with Gasteiger partial charge in [0.2, 0.25) is 0 Å². The number of nitrogens with one attached hydrogen (secondary N) is 1. The zero-order chi connectivity index (χ0) is 14.6. The van der Waals surface area contributed by atoms with Crippen molar-refractivity contribution >= 4 is 9.84 Å². The van der Waals surface area contributed by atoms with Gasteiger partial charge in [-0.2, -0.15) is 0 Å². The highest BCUT2D eigenvalue weighted by atomic mass is 32.2. The smallest absolute Gasteiger partial charge is 0.151 e. The summed E-state index contributed by atoms with van der Waals surface area (Å²) in [6.07, 6.45) is 0.713. The third-order valence-electron chi connectivity index (χ3n) is 3.57. The van der Waals surface area contributed by atoms with Crippen LogP contribution in [0.25, 0.3) is 0 Å². The Hall–Kier alpha value is -1.07. The molecule has 112 valence electrons. The Morgan fingerprint density at radius 3 is 2.75 bits per heavy atom. The van der Waals surface area contributed by atoms with E-state index in [2.05, 4.69) is 25.2 Å². The molecule has 1 aromatic rings. The normalized spacial score (nSPS) is 21.2. The van der Waals surface area contributed by atoms with Crippen LogP contribution in [0.1, 0.15) is 31.7 Å². The van der Waals surface area contributed by atoms with Crippen molar-refractivity contribution in [2.24, 2.45) is 0 Å². The first kappa shape index (κ1) is 15.3. The lowest BCUT2D eigenvalue weighted by molar-refractivity contribution is 0.303. The van der Waals surface area contributed by atoms with Gasteiger partial charge < -0.3 is 10.1 Å². The molecule has 0 bridgehead atoms. The van der Waals surface area contributed by atoms with E-state index in [1.807, 2.05) is 18.2 Å². The SMILES string of the molecule is CC(C)c1ccccc1OCCNC1CCS(=O)(=O)C1. The van der Waals surface area contributed by atoms with Crippen molar-refractivity contribution in [3.63, 3.8) is 0 Å². The Kier molecular flexibility index (Phi) is 5.05. The second-order valence-electron chi connectivity index (χ2n) is 5.60. The summed E-state index contributed by atoms with van der Waals surface area (Å²) in [4.78, 5) is 0. The van der Waals surface area contributed by atoms with Gasteiger partial charge in [0.05, 0.1) is 11.5 Å². The van der Waals surface area contributed by atoms with Gasteiger partial charge in [0.15, 0.2) is 9.84 Å². The fourth-order valence-corrected chi connectivity index (χ4v) is 4.18. The molecular weight excluding hydrogens is 274 g/mol. The molecule has 0 spiro atoms. The Morgan fingerprint density at radius 2 is 2.10 bits per heavy atom. The van der Waals surface area contributed by atoms with Crippen LogP contribution in [-0.4, -0.2) is 39.1 Å². The number of benzene rings is 1. The van der Waals surface area contributed by atoms with Crippen molar-refractivity contribution in [1.82, 2.24) is 5.32 Å². The predicted octanol–water partition coefficient (Wildman–Crippen LogP) is 1.97. The van der Waals surface area contributed by atoms with Gasteiger partial charge in [-0.15, -0.1) is 0 Å². The van der Waals surface area contributed by atoms with Crippen LogP contribution in [0.4, 0.5) is 0 Å². The van der Waals surface area contributed by atoms with E-state index in [9.17, 15) is 8.42 Å². The fourth-order valence-electron chi connectivity index (χ4n) is 2.47. The molecule has 1 aliphatic heterocycles. The quantitative estimate of drug-likeness (QED) is 0.816. The van der Waals surface area contributed by atoms with Crippen molar-refractivity contribution in [1.29, 1.82) is 0 Å². The summed E-state index contributed by atoms with van der Waals surface area (Å²) in [5.41, 5.74) is 1.20. The molecule has 1 atom stereocenters. The maximum absolute atomic E-state index is 11.3. The number of hydrogen-bond donors (Lipinski definition) is 1. The van der Waals surface area contributed by atoms with Gasteiger partial charge in [0, 0.05) is 12.6 Å². The fraction of sp³-hybridized carbons (Fsp3) is 0.600. The van der Waals surface area contributed by atoms with E-state index in [0.29, 0.717) is 31.2 Å². The summed E-state index contributed by atoms with van der Waals surface area (Å²) in [5, 5.41) is 3.25. The molecule has 20 heavy (non-hydrogen) atoms. The molecule has 5 heteroatoms. The number of rotatable bonds is 6. The van der Waals surface area contributed by atoms with Crippen LogP contribution in [-0.2, 0) is 9.84 Å². The van der Waals surface area contributed by atoms with Gasteiger partial charge in [-0.1, -0.05) is 32.0 Å². The summed E-state index contributed by atoms with van der Waals surface area (Å²) >= 11 is 0. The van der Waals surface area contributed by atoms with Gasteiger partial charge in [0.25, 0.3) is 0 Å². The minimum atomic E-state index is -2.81. The lowest BCUT2D eigenvalue weighted by Gasteiger charge is -2.15. The second-order valence-corrected chi connectivity index (χ2v) is 7.82. The molecule has 1 fully saturated rings. The first-order chi connectivity index (χ1) is 9.48. The van der Waals surface area contributed by atoms with E-state index >= 15 is 0 Å². The molecule has 1 N–H and O–H groups in total. The minimum Gasteiger partial charge on any atom is -0.492 e. The molecule has 1 aromatic carbocycles. The summed E-state index contributed by atoms with van der Waals surface area (Å²) in [7, 11) is -2.81. The van der Waals surface area contributed by atoms with Crippen LogP contribution in [0, 0.1) is 0 Å². The third-order valence-corrected chi connectivity index (χ3v) is 5.33. The minimum absolute atomic E-state index is 0.0870. The van der Waals surface area contributed by atoms with Crippen LogP contribution in [0.5, 0.6) is 5.75 Å². The first-order valence-electron chi connectivity index (χ1n) is 7.13. The molecule has 0 amide bonds. The molecule has 1 heterocycles. The van der Waals surface area contributed by atoms with Crippen molar-refractivity contribution in [3.05, 3.63) is 29.8 Å². The van der Waals surface area contributed by atoms with Gasteiger partial charge in [-0.3, -0.25) is 0 Å². The number of ether oxygens (including phenoxy) is 1. The van der Waals surface area contributed by atoms with Crippen molar-refractivity contribution in [2.45, 2.75) is 32.2 Å². The Bertz CT molecular complexity index is 540. The van der Waals surface area contributed by atoms with Crippen LogP contribution >= 0.6 is 0 Å². The number of hydrogen-bond acceptors (Lipinski definition) is 4. The molecule has 1 saturated heterocycles. The molecule has 0 saturated carbocycles. The van der Waals surface area contributed by atoms with Gasteiger partial charge in [0.1, 0.15) is 12.4 Å². The van der Waals surface area contributed by atoms with E-state index in [0.717, 1.165) is 5.75 Å². The Balaban J connectivity index is 1.77. The lowest BCUT2D eigenvalue weighted by Crippen LogP contribution is -2.33. The summed E-state index contributed by atoms with van der Waals surface area (Å²) in [5.74, 6) is 1.92. The third kappa shape index (κ3) is 4.21. The van der Waals surface area contributed by atoms with Gasteiger partial charge >= 0.3 is 0 Å². The number of sulfone groups is 1. The average Bonchev–Trinajstić information content (AvgIpc) is 2.74. The largest absolute Gasteiger partial charge is 0.492 e. The van der Waals surface area contributed by atoms with Gasteiger partial charge in [-0.05, 0) is 24.0 Å². The molecule has 1 aliphatic rings. The van der Waals surface area contributed by atoms with Crippen LogP contribution in [0.3, 0.4) is 0 Å². The summed E-state index contributed by atoms with van der Waals surface area (Å²) < 4.78 is 28.5. The zero-order valence-electron chi connectivity index (χ0n) is 12.1. The van der Waals surface area contributed by atoms with E-state index in [-0.39, 0.29) is 11.8 Å². The summed E-state index contributed by atoms with van der Waals surface area (Å²) in [6.45, 7) is 5.51. The van der Waals surface area contributed by atoms with E-state index in [1.54, 1.807) is 0 Å². The van der Waals surface area contributed by atoms with E-state index in [1.165, 1.54) is 5.56 Å². The van der Waals surface area contributed by atoms with Crippen molar-refractivity contribution < 1.29 is 13.2 Å². The van der Waals surface area contributed by atoms with E-state index in [4.69, 9.17) is 4.74 Å². The van der Waals surface area contributed by atoms with Gasteiger partial charge in [-0.25, -0.2) is 8.42 Å². The summed E-state index contributed by atoms with van der Waals surface area (Å²) in [6, 6.07) is 8.14. The predicted molar refractivity (Wildman–Crippen MR) is 81.1 cm³/mol. The monoisotopic (exact) mass is 297 g/mol.